The van der Waals surface area contributed by atoms with Crippen LogP contribution in [0.15, 0.2) is 36.5 Å². The Bertz CT molecular complexity index is 500. The topological polar surface area (TPSA) is 40.7 Å². The molecule has 0 aliphatic rings. The van der Waals surface area contributed by atoms with Gasteiger partial charge in [-0.25, -0.2) is 4.39 Å². The van der Waals surface area contributed by atoms with Crippen LogP contribution in [0.25, 0.3) is 17.3 Å². The molecule has 0 saturated heterocycles. The first kappa shape index (κ1) is 11.5. The molecule has 0 atom stereocenters. The molecule has 0 radical (unpaired) electrons. The van der Waals surface area contributed by atoms with Gasteiger partial charge in [0.25, 0.3) is 0 Å². The number of aromatic nitrogens is 2. The third-order valence-electron chi connectivity index (χ3n) is 2.42. The number of benzene rings is 1. The van der Waals surface area contributed by atoms with Gasteiger partial charge in [-0.2, -0.15) is 5.10 Å². The average molecular weight is 231 g/mol. The number of H-pyrrole nitrogens is 1. The summed E-state index contributed by atoms with van der Waals surface area (Å²) in [4.78, 5) is 0. The summed E-state index contributed by atoms with van der Waals surface area (Å²) in [5.74, 6) is -0.236. The Kier molecular flexibility index (Phi) is 3.67. The standard InChI is InChI=1S/C13H14FN3/c1-15-8-2-3-11-9-16-17-13(11)10-4-6-12(14)7-5-10/h2-7,9,15H,8H2,1H3,(H,16,17). The molecule has 0 bridgehead atoms. The molecule has 0 unspecified atom stereocenters. The maximum absolute atomic E-state index is 12.8. The monoisotopic (exact) mass is 231 g/mol. The fourth-order valence-corrected chi connectivity index (χ4v) is 1.57. The predicted molar refractivity (Wildman–Crippen MR) is 66.9 cm³/mol. The second-order valence-electron chi connectivity index (χ2n) is 3.67. The summed E-state index contributed by atoms with van der Waals surface area (Å²) in [5, 5.41) is 9.96. The number of nitrogens with one attached hydrogen (secondary N) is 2. The van der Waals surface area contributed by atoms with Gasteiger partial charge in [-0.15, -0.1) is 0 Å². The highest BCUT2D eigenvalue weighted by Crippen LogP contribution is 2.22. The molecular weight excluding hydrogens is 217 g/mol. The molecule has 0 spiro atoms. The molecule has 0 aliphatic carbocycles. The van der Waals surface area contributed by atoms with Gasteiger partial charge in [0.15, 0.2) is 0 Å². The Morgan fingerprint density at radius 3 is 2.82 bits per heavy atom. The van der Waals surface area contributed by atoms with Crippen LogP contribution in [0.2, 0.25) is 0 Å². The lowest BCUT2D eigenvalue weighted by atomic mass is 10.1. The molecule has 0 fully saturated rings. The maximum Gasteiger partial charge on any atom is 0.123 e. The SMILES string of the molecule is CNCC=Cc1cn[nH]c1-c1ccc(F)cc1. The van der Waals surface area contributed by atoms with Crippen LogP contribution in [-0.4, -0.2) is 23.8 Å². The Morgan fingerprint density at radius 1 is 1.35 bits per heavy atom. The molecule has 1 aromatic carbocycles. The second kappa shape index (κ2) is 5.41. The summed E-state index contributed by atoms with van der Waals surface area (Å²) in [6.45, 7) is 0.800. The molecule has 0 amide bonds. The third-order valence-corrected chi connectivity index (χ3v) is 2.42. The largest absolute Gasteiger partial charge is 0.316 e. The van der Waals surface area contributed by atoms with Gasteiger partial charge in [-0.05, 0) is 31.3 Å². The summed E-state index contributed by atoms with van der Waals surface area (Å²) in [6, 6.07) is 6.35. The first-order valence-corrected chi connectivity index (χ1v) is 5.41. The molecule has 2 aromatic rings. The van der Waals surface area contributed by atoms with Crippen LogP contribution in [0.3, 0.4) is 0 Å². The minimum atomic E-state index is -0.236. The van der Waals surface area contributed by atoms with Crippen LogP contribution in [0.4, 0.5) is 4.39 Å². The van der Waals surface area contributed by atoms with Crippen molar-refractivity contribution in [1.29, 1.82) is 0 Å². The van der Waals surface area contributed by atoms with Gasteiger partial charge in [0.1, 0.15) is 5.82 Å². The Labute approximate surface area is 99.4 Å². The van der Waals surface area contributed by atoms with E-state index in [1.807, 2.05) is 19.2 Å². The normalized spacial score (nSPS) is 11.2. The van der Waals surface area contributed by atoms with Crippen LogP contribution in [0, 0.1) is 5.82 Å². The van der Waals surface area contributed by atoms with E-state index in [1.54, 1.807) is 18.3 Å². The Morgan fingerprint density at radius 2 is 2.12 bits per heavy atom. The zero-order valence-corrected chi connectivity index (χ0v) is 9.57. The van der Waals surface area contributed by atoms with E-state index >= 15 is 0 Å². The van der Waals surface area contributed by atoms with E-state index in [9.17, 15) is 4.39 Å². The molecule has 2 rings (SSSR count). The molecule has 4 heteroatoms. The molecule has 0 aliphatic heterocycles. The number of likely N-dealkylation sites (N-methyl/N-ethyl adjacent to an activating group) is 1. The predicted octanol–water partition coefficient (Wildman–Crippen LogP) is 2.45. The minimum absolute atomic E-state index is 0.236. The quantitative estimate of drug-likeness (QED) is 0.848. The van der Waals surface area contributed by atoms with Crippen LogP contribution in [0.5, 0.6) is 0 Å². The zero-order chi connectivity index (χ0) is 12.1. The second-order valence-corrected chi connectivity index (χ2v) is 3.67. The summed E-state index contributed by atoms with van der Waals surface area (Å²) >= 11 is 0. The van der Waals surface area contributed by atoms with Crippen molar-refractivity contribution in [2.24, 2.45) is 0 Å². The van der Waals surface area contributed by atoms with E-state index in [2.05, 4.69) is 15.5 Å². The summed E-state index contributed by atoms with van der Waals surface area (Å²) in [5.41, 5.74) is 2.82. The minimum Gasteiger partial charge on any atom is -0.316 e. The van der Waals surface area contributed by atoms with E-state index in [0.717, 1.165) is 23.4 Å². The summed E-state index contributed by atoms with van der Waals surface area (Å²) < 4.78 is 12.8. The molecule has 17 heavy (non-hydrogen) atoms. The average Bonchev–Trinajstić information content (AvgIpc) is 2.79. The van der Waals surface area contributed by atoms with Crippen LogP contribution < -0.4 is 5.32 Å². The van der Waals surface area contributed by atoms with E-state index in [1.165, 1.54) is 12.1 Å². The Balaban J connectivity index is 2.27. The van der Waals surface area contributed by atoms with Gasteiger partial charge in [0.05, 0.1) is 11.9 Å². The number of hydrogen-bond acceptors (Lipinski definition) is 2. The van der Waals surface area contributed by atoms with Gasteiger partial charge in [0.2, 0.25) is 0 Å². The van der Waals surface area contributed by atoms with Crippen molar-refractivity contribution in [1.82, 2.24) is 15.5 Å². The van der Waals surface area contributed by atoms with Gasteiger partial charge in [-0.3, -0.25) is 5.10 Å². The number of hydrogen-bond donors (Lipinski definition) is 2. The van der Waals surface area contributed by atoms with E-state index in [0.29, 0.717) is 0 Å². The van der Waals surface area contributed by atoms with Crippen molar-refractivity contribution >= 4 is 6.08 Å². The van der Waals surface area contributed by atoms with Gasteiger partial charge >= 0.3 is 0 Å². The zero-order valence-electron chi connectivity index (χ0n) is 9.57. The fourth-order valence-electron chi connectivity index (χ4n) is 1.57. The van der Waals surface area contributed by atoms with Crippen LogP contribution in [0.1, 0.15) is 5.56 Å². The Hall–Kier alpha value is -1.94. The number of nitrogens with zero attached hydrogens (tertiary/aromatic N) is 1. The molecule has 3 nitrogen and oxygen atoms in total. The first-order chi connectivity index (χ1) is 8.31. The van der Waals surface area contributed by atoms with Crippen LogP contribution in [-0.2, 0) is 0 Å². The first-order valence-electron chi connectivity index (χ1n) is 5.41. The highest BCUT2D eigenvalue weighted by atomic mass is 19.1. The van der Waals surface area contributed by atoms with Gasteiger partial charge in [-0.1, -0.05) is 12.2 Å². The molecular formula is C13H14FN3. The molecule has 1 aromatic heterocycles. The lowest BCUT2D eigenvalue weighted by Crippen LogP contribution is -2.03. The van der Waals surface area contributed by atoms with E-state index in [-0.39, 0.29) is 5.82 Å². The van der Waals surface area contributed by atoms with Gasteiger partial charge < -0.3 is 5.32 Å². The number of halogens is 1. The summed E-state index contributed by atoms with van der Waals surface area (Å²) in [7, 11) is 1.89. The lowest BCUT2D eigenvalue weighted by Gasteiger charge is -1.99. The highest BCUT2D eigenvalue weighted by molar-refractivity contribution is 5.71. The van der Waals surface area contributed by atoms with Crippen molar-refractivity contribution < 1.29 is 4.39 Å². The van der Waals surface area contributed by atoms with Crippen molar-refractivity contribution in [3.63, 3.8) is 0 Å². The fraction of sp³-hybridized carbons (Fsp3) is 0.154. The highest BCUT2D eigenvalue weighted by Gasteiger charge is 2.04. The smallest absolute Gasteiger partial charge is 0.123 e. The van der Waals surface area contributed by atoms with Crippen molar-refractivity contribution in [3.8, 4) is 11.3 Å². The van der Waals surface area contributed by atoms with Crippen molar-refractivity contribution in [3.05, 3.63) is 47.9 Å². The van der Waals surface area contributed by atoms with Crippen LogP contribution >= 0.6 is 0 Å². The number of aromatic amines is 1. The maximum atomic E-state index is 12.8. The lowest BCUT2D eigenvalue weighted by molar-refractivity contribution is 0.628. The van der Waals surface area contributed by atoms with E-state index < -0.39 is 0 Å². The molecule has 2 N–H and O–H groups in total. The van der Waals surface area contributed by atoms with Crippen molar-refractivity contribution in [2.45, 2.75) is 0 Å². The van der Waals surface area contributed by atoms with Crippen molar-refractivity contribution in [2.75, 3.05) is 13.6 Å². The third kappa shape index (κ3) is 2.79. The molecule has 0 saturated carbocycles. The van der Waals surface area contributed by atoms with E-state index in [4.69, 9.17) is 0 Å². The molecule has 88 valence electrons. The number of rotatable bonds is 4. The van der Waals surface area contributed by atoms with Gasteiger partial charge in [0, 0.05) is 17.7 Å². The molecule has 1 heterocycles. The summed E-state index contributed by atoms with van der Waals surface area (Å²) in [6.07, 6.45) is 5.75.